The first-order valence-corrected chi connectivity index (χ1v) is 10.2. The fraction of sp³-hybridized carbons (Fsp3) is 0.182. The van der Waals surface area contributed by atoms with Crippen LogP contribution in [0.5, 0.6) is 5.88 Å². The van der Waals surface area contributed by atoms with Gasteiger partial charge in [0.2, 0.25) is 5.88 Å². The van der Waals surface area contributed by atoms with E-state index in [4.69, 9.17) is 26.0 Å². The molecule has 1 aromatic carbocycles. The lowest BCUT2D eigenvalue weighted by atomic mass is 9.94. The van der Waals surface area contributed by atoms with E-state index in [1.807, 2.05) is 0 Å². The Morgan fingerprint density at radius 1 is 1.18 bits per heavy atom. The van der Waals surface area contributed by atoms with Gasteiger partial charge in [-0.1, -0.05) is 16.8 Å². The minimum absolute atomic E-state index is 0.00440. The molecule has 0 aliphatic carbocycles. The minimum atomic E-state index is -1.20. The molecule has 1 amide bonds. The van der Waals surface area contributed by atoms with Crippen LogP contribution in [0.15, 0.2) is 46.6 Å². The normalized spacial score (nSPS) is 13.8. The number of amides is 1. The van der Waals surface area contributed by atoms with Crippen molar-refractivity contribution in [1.29, 1.82) is 0 Å². The Labute approximate surface area is 195 Å². The lowest BCUT2D eigenvalue weighted by molar-refractivity contribution is -0.132. The fourth-order valence-electron chi connectivity index (χ4n) is 3.49. The number of nitrogens with zero attached hydrogens (tertiary/aromatic N) is 3. The SMILES string of the molecule is O=C(O)C1=C(c2ccc(OCc3cc(-c4c(F)ccc(F)c4Cl)no3)nc2)CCN(C(=O)O)C1. The Morgan fingerprint density at radius 3 is 2.62 bits per heavy atom. The van der Waals surface area contributed by atoms with Gasteiger partial charge in [0.05, 0.1) is 22.7 Å². The average molecular weight is 492 g/mol. The van der Waals surface area contributed by atoms with Crippen LogP contribution >= 0.6 is 11.6 Å². The fourth-order valence-corrected chi connectivity index (χ4v) is 3.74. The number of pyridine rings is 1. The summed E-state index contributed by atoms with van der Waals surface area (Å²) in [6.45, 7) is -0.171. The summed E-state index contributed by atoms with van der Waals surface area (Å²) < 4.78 is 38.3. The largest absolute Gasteiger partial charge is 0.478 e. The van der Waals surface area contributed by atoms with Gasteiger partial charge < -0.3 is 24.4 Å². The van der Waals surface area contributed by atoms with Gasteiger partial charge in [0.25, 0.3) is 0 Å². The maximum atomic E-state index is 14.1. The molecule has 2 N–H and O–H groups in total. The quantitative estimate of drug-likeness (QED) is 0.484. The third-order valence-electron chi connectivity index (χ3n) is 5.18. The van der Waals surface area contributed by atoms with E-state index in [0.717, 1.165) is 17.0 Å². The summed E-state index contributed by atoms with van der Waals surface area (Å²) in [5, 5.41) is 21.9. The van der Waals surface area contributed by atoms with Crippen LogP contribution in [0, 0.1) is 11.6 Å². The molecule has 34 heavy (non-hydrogen) atoms. The zero-order valence-electron chi connectivity index (χ0n) is 17.3. The number of ether oxygens (including phenoxy) is 1. The molecule has 1 aliphatic heterocycles. The molecule has 0 bridgehead atoms. The molecular formula is C22H16ClF2N3O6. The highest BCUT2D eigenvalue weighted by molar-refractivity contribution is 6.33. The molecule has 0 atom stereocenters. The van der Waals surface area contributed by atoms with E-state index in [-0.39, 0.29) is 54.6 Å². The number of rotatable bonds is 6. The molecule has 12 heteroatoms. The van der Waals surface area contributed by atoms with Gasteiger partial charge in [-0.15, -0.1) is 0 Å². The summed E-state index contributed by atoms with van der Waals surface area (Å²) in [6.07, 6.45) is 0.478. The monoisotopic (exact) mass is 491 g/mol. The van der Waals surface area contributed by atoms with Crippen LogP contribution in [0.4, 0.5) is 13.6 Å². The highest BCUT2D eigenvalue weighted by Crippen LogP contribution is 2.32. The van der Waals surface area contributed by atoms with Crippen molar-refractivity contribution in [2.24, 2.45) is 0 Å². The van der Waals surface area contributed by atoms with Crippen LogP contribution in [0.3, 0.4) is 0 Å². The number of aromatic nitrogens is 2. The highest BCUT2D eigenvalue weighted by atomic mass is 35.5. The van der Waals surface area contributed by atoms with Crippen molar-refractivity contribution < 1.29 is 37.8 Å². The highest BCUT2D eigenvalue weighted by Gasteiger charge is 2.27. The van der Waals surface area contributed by atoms with E-state index in [1.165, 1.54) is 18.3 Å². The van der Waals surface area contributed by atoms with E-state index >= 15 is 0 Å². The van der Waals surface area contributed by atoms with Crippen LogP contribution in [-0.4, -0.2) is 50.4 Å². The van der Waals surface area contributed by atoms with Gasteiger partial charge in [0.1, 0.15) is 17.3 Å². The van der Waals surface area contributed by atoms with Crippen molar-refractivity contribution in [3.05, 3.63) is 70.1 Å². The predicted molar refractivity (Wildman–Crippen MR) is 114 cm³/mol. The van der Waals surface area contributed by atoms with Crippen molar-refractivity contribution in [3.8, 4) is 17.1 Å². The molecule has 9 nitrogen and oxygen atoms in total. The Balaban J connectivity index is 1.46. The lowest BCUT2D eigenvalue weighted by Crippen LogP contribution is -2.37. The van der Waals surface area contributed by atoms with Gasteiger partial charge in [0, 0.05) is 24.9 Å². The van der Waals surface area contributed by atoms with Crippen molar-refractivity contribution in [3.63, 3.8) is 0 Å². The summed E-state index contributed by atoms with van der Waals surface area (Å²) in [4.78, 5) is 27.9. The summed E-state index contributed by atoms with van der Waals surface area (Å²) in [7, 11) is 0. The molecule has 2 aromatic heterocycles. The molecule has 3 heterocycles. The average Bonchev–Trinajstić information content (AvgIpc) is 3.29. The van der Waals surface area contributed by atoms with Crippen LogP contribution in [0.1, 0.15) is 17.7 Å². The first-order valence-electron chi connectivity index (χ1n) is 9.86. The van der Waals surface area contributed by atoms with Gasteiger partial charge in [-0.3, -0.25) is 0 Å². The third kappa shape index (κ3) is 4.69. The topological polar surface area (TPSA) is 126 Å². The summed E-state index contributed by atoms with van der Waals surface area (Å²) in [6, 6.07) is 6.34. The molecule has 0 spiro atoms. The minimum Gasteiger partial charge on any atom is -0.478 e. The maximum Gasteiger partial charge on any atom is 0.407 e. The summed E-state index contributed by atoms with van der Waals surface area (Å²) >= 11 is 5.84. The van der Waals surface area contributed by atoms with Gasteiger partial charge in [-0.25, -0.2) is 23.4 Å². The second-order valence-corrected chi connectivity index (χ2v) is 7.66. The molecule has 176 valence electrons. The standard InChI is InChI=1S/C22H16ClF2N3O6/c23-20-16(25)3-2-15(24)19(20)17-7-12(34-27-17)10-33-18-4-1-11(8-26-18)13-5-6-28(22(31)32)9-14(13)21(29)30/h1-4,7-8H,5-6,9-10H2,(H,29,30)(H,31,32). The molecule has 4 rings (SSSR count). The molecule has 0 saturated carbocycles. The number of benzene rings is 1. The molecule has 3 aromatic rings. The zero-order valence-corrected chi connectivity index (χ0v) is 18.1. The summed E-state index contributed by atoms with van der Waals surface area (Å²) in [5.41, 5.74) is 0.799. The van der Waals surface area contributed by atoms with Gasteiger partial charge in [-0.05, 0) is 35.8 Å². The lowest BCUT2D eigenvalue weighted by Gasteiger charge is -2.27. The number of carboxylic acid groups (broad SMARTS) is 2. The zero-order chi connectivity index (χ0) is 24.4. The van der Waals surface area contributed by atoms with E-state index < -0.39 is 28.7 Å². The van der Waals surface area contributed by atoms with Crippen molar-refractivity contribution in [2.45, 2.75) is 13.0 Å². The number of carboxylic acids is 1. The second-order valence-electron chi connectivity index (χ2n) is 7.29. The van der Waals surface area contributed by atoms with E-state index in [0.29, 0.717) is 11.1 Å². The number of hydrogen-bond acceptors (Lipinski definition) is 6. The van der Waals surface area contributed by atoms with Gasteiger partial charge in [0.15, 0.2) is 12.4 Å². The maximum absolute atomic E-state index is 14.1. The van der Waals surface area contributed by atoms with Crippen LogP contribution in [0.25, 0.3) is 16.8 Å². The van der Waals surface area contributed by atoms with E-state index in [1.54, 1.807) is 6.07 Å². The Bertz CT molecular complexity index is 1290. The third-order valence-corrected chi connectivity index (χ3v) is 5.55. The number of halogens is 3. The number of aliphatic carboxylic acids is 1. The first-order chi connectivity index (χ1) is 16.2. The number of hydrogen-bond donors (Lipinski definition) is 2. The molecule has 0 radical (unpaired) electrons. The number of carbonyl (C=O) groups is 2. The molecule has 1 aliphatic rings. The molecule has 0 unspecified atom stereocenters. The van der Waals surface area contributed by atoms with Gasteiger partial charge >= 0.3 is 12.1 Å². The smallest absolute Gasteiger partial charge is 0.407 e. The van der Waals surface area contributed by atoms with Crippen molar-refractivity contribution in [1.82, 2.24) is 15.0 Å². The van der Waals surface area contributed by atoms with Crippen molar-refractivity contribution in [2.75, 3.05) is 13.1 Å². The second kappa shape index (κ2) is 9.48. The van der Waals surface area contributed by atoms with E-state index in [9.17, 15) is 23.5 Å². The molecule has 0 fully saturated rings. The summed E-state index contributed by atoms with van der Waals surface area (Å²) in [5.74, 6) is -2.35. The Morgan fingerprint density at radius 2 is 1.94 bits per heavy atom. The predicted octanol–water partition coefficient (Wildman–Crippen LogP) is 4.47. The van der Waals surface area contributed by atoms with Gasteiger partial charge in [-0.2, -0.15) is 0 Å². The van der Waals surface area contributed by atoms with Crippen molar-refractivity contribution >= 4 is 29.2 Å². The van der Waals surface area contributed by atoms with Crippen LogP contribution in [0.2, 0.25) is 5.02 Å². The van der Waals surface area contributed by atoms with E-state index in [2.05, 4.69) is 10.1 Å². The Hall–Kier alpha value is -3.99. The Kier molecular flexibility index (Phi) is 6.46. The van der Waals surface area contributed by atoms with Crippen LogP contribution < -0.4 is 4.74 Å². The molecular weight excluding hydrogens is 476 g/mol. The first kappa shape index (κ1) is 23.2. The molecule has 0 saturated heterocycles. The van der Waals surface area contributed by atoms with Crippen LogP contribution in [-0.2, 0) is 11.4 Å².